The van der Waals surface area contributed by atoms with Crippen LogP contribution in [-0.2, 0) is 11.2 Å². The number of hydrogen-bond donors (Lipinski definition) is 3. The fraction of sp³-hybridized carbons (Fsp3) is 0.188. The number of aromatic hydroxyl groups is 2. The SMILES string of the molecule is O=C(O)CSc1cccc(-n2c(O)c3c(c2O)CCC=C3)c1. The molecule has 0 fully saturated rings. The Bertz CT molecular complexity index is 764. The van der Waals surface area contributed by atoms with Crippen molar-refractivity contribution in [3.63, 3.8) is 0 Å². The number of nitrogens with zero attached hydrogens (tertiary/aromatic N) is 1. The normalized spacial score (nSPS) is 13.1. The number of carboxylic acid groups (broad SMARTS) is 1. The molecule has 0 amide bonds. The van der Waals surface area contributed by atoms with Crippen molar-refractivity contribution in [3.8, 4) is 17.4 Å². The maximum Gasteiger partial charge on any atom is 0.313 e. The molecule has 6 heteroatoms. The molecule has 2 aromatic rings. The molecule has 0 bridgehead atoms. The number of aliphatic carboxylic acids is 1. The molecule has 3 N–H and O–H groups in total. The van der Waals surface area contributed by atoms with Crippen molar-refractivity contribution in [2.24, 2.45) is 0 Å². The summed E-state index contributed by atoms with van der Waals surface area (Å²) in [7, 11) is 0. The van der Waals surface area contributed by atoms with Gasteiger partial charge in [0, 0.05) is 16.0 Å². The van der Waals surface area contributed by atoms with E-state index in [0.717, 1.165) is 16.9 Å². The van der Waals surface area contributed by atoms with Gasteiger partial charge in [-0.15, -0.1) is 11.8 Å². The van der Waals surface area contributed by atoms with E-state index >= 15 is 0 Å². The molecular weight excluding hydrogens is 302 g/mol. The summed E-state index contributed by atoms with van der Waals surface area (Å²) in [5.41, 5.74) is 1.99. The number of benzene rings is 1. The first-order valence-electron chi connectivity index (χ1n) is 6.85. The summed E-state index contributed by atoms with van der Waals surface area (Å²) in [6.45, 7) is 0. The van der Waals surface area contributed by atoms with Crippen LogP contribution in [0, 0.1) is 0 Å². The zero-order valence-corrected chi connectivity index (χ0v) is 12.5. The third-order valence-corrected chi connectivity index (χ3v) is 4.52. The standard InChI is InChI=1S/C16H15NO4S/c18-14(19)9-22-11-5-3-4-10(8-11)17-15(20)12-6-1-2-7-13(12)16(17)21/h1,3-6,8,20-21H,2,7,9H2,(H,18,19). The Morgan fingerprint density at radius 1 is 1.27 bits per heavy atom. The number of aromatic nitrogens is 1. The minimum absolute atomic E-state index is 0.00355. The van der Waals surface area contributed by atoms with Gasteiger partial charge in [-0.25, -0.2) is 0 Å². The van der Waals surface area contributed by atoms with E-state index in [1.165, 1.54) is 16.3 Å². The van der Waals surface area contributed by atoms with Crippen LogP contribution in [0.15, 0.2) is 35.2 Å². The Balaban J connectivity index is 2.01. The van der Waals surface area contributed by atoms with Crippen molar-refractivity contribution in [1.82, 2.24) is 4.57 Å². The molecule has 114 valence electrons. The van der Waals surface area contributed by atoms with Crippen LogP contribution in [0.4, 0.5) is 0 Å². The molecule has 1 aromatic carbocycles. The number of thioether (sulfide) groups is 1. The second kappa shape index (κ2) is 5.81. The van der Waals surface area contributed by atoms with Gasteiger partial charge in [0.25, 0.3) is 0 Å². The summed E-state index contributed by atoms with van der Waals surface area (Å²) in [5.74, 6) is -0.879. The first-order valence-corrected chi connectivity index (χ1v) is 7.83. The molecule has 0 spiro atoms. The van der Waals surface area contributed by atoms with E-state index in [1.807, 2.05) is 12.2 Å². The lowest BCUT2D eigenvalue weighted by atomic mass is 10.0. The van der Waals surface area contributed by atoms with E-state index in [0.29, 0.717) is 17.7 Å². The van der Waals surface area contributed by atoms with Crippen molar-refractivity contribution in [3.05, 3.63) is 41.5 Å². The van der Waals surface area contributed by atoms with E-state index in [4.69, 9.17) is 5.11 Å². The number of allylic oxidation sites excluding steroid dienone is 1. The van der Waals surface area contributed by atoms with Crippen molar-refractivity contribution >= 4 is 23.8 Å². The number of rotatable bonds is 4. The van der Waals surface area contributed by atoms with Crippen LogP contribution in [0.25, 0.3) is 11.8 Å². The summed E-state index contributed by atoms with van der Waals surface area (Å²) in [6, 6.07) is 7.09. The topological polar surface area (TPSA) is 82.7 Å². The first kappa shape index (κ1) is 14.6. The molecule has 1 heterocycles. The smallest absolute Gasteiger partial charge is 0.313 e. The molecule has 0 aliphatic heterocycles. The minimum Gasteiger partial charge on any atom is -0.494 e. The van der Waals surface area contributed by atoms with E-state index in [1.54, 1.807) is 24.3 Å². The van der Waals surface area contributed by atoms with Gasteiger partial charge in [-0.1, -0.05) is 18.2 Å². The quantitative estimate of drug-likeness (QED) is 0.755. The molecule has 1 aromatic heterocycles. The summed E-state index contributed by atoms with van der Waals surface area (Å²) in [4.78, 5) is 11.4. The Labute approximate surface area is 131 Å². The summed E-state index contributed by atoms with van der Waals surface area (Å²) >= 11 is 1.19. The van der Waals surface area contributed by atoms with Crippen molar-refractivity contribution in [1.29, 1.82) is 0 Å². The summed E-state index contributed by atoms with van der Waals surface area (Å²) in [6.07, 6.45) is 5.29. The molecule has 0 saturated carbocycles. The molecule has 22 heavy (non-hydrogen) atoms. The Morgan fingerprint density at radius 3 is 2.82 bits per heavy atom. The largest absolute Gasteiger partial charge is 0.494 e. The van der Waals surface area contributed by atoms with Crippen LogP contribution in [0.2, 0.25) is 0 Å². The highest BCUT2D eigenvalue weighted by Crippen LogP contribution is 2.40. The molecular formula is C16H15NO4S. The fourth-order valence-electron chi connectivity index (χ4n) is 2.56. The average molecular weight is 317 g/mol. The van der Waals surface area contributed by atoms with Crippen LogP contribution < -0.4 is 0 Å². The predicted octanol–water partition coefficient (Wildman–Crippen LogP) is 3.02. The molecule has 0 atom stereocenters. The van der Waals surface area contributed by atoms with E-state index in [2.05, 4.69) is 0 Å². The van der Waals surface area contributed by atoms with E-state index in [9.17, 15) is 15.0 Å². The van der Waals surface area contributed by atoms with Gasteiger partial charge < -0.3 is 15.3 Å². The van der Waals surface area contributed by atoms with Crippen LogP contribution in [0.3, 0.4) is 0 Å². The summed E-state index contributed by atoms with van der Waals surface area (Å²) in [5, 5.41) is 29.5. The zero-order chi connectivity index (χ0) is 15.7. The summed E-state index contributed by atoms with van der Waals surface area (Å²) < 4.78 is 1.39. The number of fused-ring (bicyclic) bond motifs is 1. The zero-order valence-electron chi connectivity index (χ0n) is 11.7. The van der Waals surface area contributed by atoms with Gasteiger partial charge in [-0.05, 0) is 31.0 Å². The molecule has 3 rings (SSSR count). The highest BCUT2D eigenvalue weighted by atomic mass is 32.2. The van der Waals surface area contributed by atoms with Crippen LogP contribution in [0.5, 0.6) is 11.8 Å². The highest BCUT2D eigenvalue weighted by molar-refractivity contribution is 8.00. The third-order valence-electron chi connectivity index (χ3n) is 3.54. The Morgan fingerprint density at radius 2 is 2.09 bits per heavy atom. The number of carboxylic acids is 1. The lowest BCUT2D eigenvalue weighted by Crippen LogP contribution is -1.98. The molecule has 1 aliphatic carbocycles. The first-order chi connectivity index (χ1) is 10.6. The highest BCUT2D eigenvalue weighted by Gasteiger charge is 2.23. The molecule has 5 nitrogen and oxygen atoms in total. The number of carbonyl (C=O) groups is 1. The van der Waals surface area contributed by atoms with Crippen LogP contribution in [-0.4, -0.2) is 31.6 Å². The lowest BCUT2D eigenvalue weighted by molar-refractivity contribution is -0.133. The minimum atomic E-state index is -0.886. The van der Waals surface area contributed by atoms with Crippen molar-refractivity contribution in [2.75, 3.05) is 5.75 Å². The van der Waals surface area contributed by atoms with Crippen molar-refractivity contribution < 1.29 is 20.1 Å². The predicted molar refractivity (Wildman–Crippen MR) is 84.8 cm³/mol. The Hall–Kier alpha value is -2.34. The van der Waals surface area contributed by atoms with Crippen LogP contribution >= 0.6 is 11.8 Å². The van der Waals surface area contributed by atoms with Gasteiger partial charge in [0.15, 0.2) is 0 Å². The van der Waals surface area contributed by atoms with Crippen LogP contribution in [0.1, 0.15) is 17.5 Å². The fourth-order valence-corrected chi connectivity index (χ4v) is 3.23. The number of hydrogen-bond acceptors (Lipinski definition) is 4. The maximum absolute atomic E-state index is 10.7. The molecule has 0 radical (unpaired) electrons. The van der Waals surface area contributed by atoms with Crippen molar-refractivity contribution in [2.45, 2.75) is 17.7 Å². The molecule has 0 saturated heterocycles. The molecule has 0 unspecified atom stereocenters. The van der Waals surface area contributed by atoms with E-state index in [-0.39, 0.29) is 17.5 Å². The molecule has 1 aliphatic rings. The Kier molecular flexibility index (Phi) is 3.85. The van der Waals surface area contributed by atoms with Gasteiger partial charge in [0.1, 0.15) is 0 Å². The monoisotopic (exact) mass is 317 g/mol. The van der Waals surface area contributed by atoms with Gasteiger partial charge in [0.05, 0.1) is 11.4 Å². The van der Waals surface area contributed by atoms with Gasteiger partial charge >= 0.3 is 5.97 Å². The average Bonchev–Trinajstić information content (AvgIpc) is 2.78. The lowest BCUT2D eigenvalue weighted by Gasteiger charge is -2.09. The second-order valence-corrected chi connectivity index (χ2v) is 6.04. The third kappa shape index (κ3) is 2.57. The van der Waals surface area contributed by atoms with Gasteiger partial charge in [0.2, 0.25) is 11.8 Å². The maximum atomic E-state index is 10.7. The van der Waals surface area contributed by atoms with Gasteiger partial charge in [-0.3, -0.25) is 9.36 Å². The second-order valence-electron chi connectivity index (χ2n) is 5.00. The van der Waals surface area contributed by atoms with E-state index < -0.39 is 5.97 Å². The van der Waals surface area contributed by atoms with Gasteiger partial charge in [-0.2, -0.15) is 0 Å².